The number of nitrogen functional groups attached to an aromatic ring is 1. The maximum Gasteiger partial charge on any atom is 0.140 e. The van der Waals surface area contributed by atoms with Crippen LogP contribution in [0.15, 0.2) is 10.7 Å². The molecular weight excluding hydrogens is 302 g/mol. The molecule has 2 atom stereocenters. The zero-order valence-electron chi connectivity index (χ0n) is 12.0. The molecular formula is C15H24BrN3. The molecule has 1 saturated carbocycles. The lowest BCUT2D eigenvalue weighted by Crippen LogP contribution is -2.35. The summed E-state index contributed by atoms with van der Waals surface area (Å²) in [6.07, 6.45) is 6.97. The number of anilines is 2. The van der Waals surface area contributed by atoms with Crippen molar-refractivity contribution >= 4 is 27.4 Å². The summed E-state index contributed by atoms with van der Waals surface area (Å²) in [5.74, 6) is 2.39. The Morgan fingerprint density at radius 2 is 2.05 bits per heavy atom. The third-order valence-electron chi connectivity index (χ3n) is 4.30. The van der Waals surface area contributed by atoms with Crippen molar-refractivity contribution in [2.45, 2.75) is 52.5 Å². The molecule has 1 aliphatic carbocycles. The number of pyridine rings is 1. The number of nitrogens with zero attached hydrogens (tertiary/aromatic N) is 1. The van der Waals surface area contributed by atoms with Gasteiger partial charge in [-0.3, -0.25) is 0 Å². The fourth-order valence-electron chi connectivity index (χ4n) is 3.00. The van der Waals surface area contributed by atoms with Crippen LogP contribution in [0.2, 0.25) is 0 Å². The van der Waals surface area contributed by atoms with E-state index in [1.165, 1.54) is 25.7 Å². The maximum atomic E-state index is 5.88. The summed E-state index contributed by atoms with van der Waals surface area (Å²) in [6.45, 7) is 6.66. The van der Waals surface area contributed by atoms with E-state index in [1.54, 1.807) is 6.20 Å². The lowest BCUT2D eigenvalue weighted by molar-refractivity contribution is 0.253. The van der Waals surface area contributed by atoms with E-state index in [9.17, 15) is 0 Å². The first-order chi connectivity index (χ1) is 9.00. The highest BCUT2D eigenvalue weighted by atomic mass is 79.9. The number of aromatic nitrogens is 1. The minimum Gasteiger partial charge on any atom is -0.397 e. The van der Waals surface area contributed by atoms with Crippen LogP contribution in [0.1, 0.15) is 45.1 Å². The quantitative estimate of drug-likeness (QED) is 0.867. The number of halogens is 1. The van der Waals surface area contributed by atoms with Crippen molar-refractivity contribution < 1.29 is 0 Å². The zero-order chi connectivity index (χ0) is 14.0. The molecule has 0 radical (unpaired) electrons. The highest BCUT2D eigenvalue weighted by molar-refractivity contribution is 9.10. The van der Waals surface area contributed by atoms with Crippen LogP contribution in [0, 0.1) is 18.8 Å². The minimum absolute atomic E-state index is 0.528. The fraction of sp³-hybridized carbons (Fsp3) is 0.667. The molecule has 19 heavy (non-hydrogen) atoms. The van der Waals surface area contributed by atoms with Gasteiger partial charge >= 0.3 is 0 Å². The summed E-state index contributed by atoms with van der Waals surface area (Å²) in [7, 11) is 0. The number of nitrogens with one attached hydrogen (secondary N) is 1. The van der Waals surface area contributed by atoms with Gasteiger partial charge < -0.3 is 11.1 Å². The molecule has 0 spiro atoms. The van der Waals surface area contributed by atoms with Crippen molar-refractivity contribution in [3.05, 3.63) is 16.2 Å². The van der Waals surface area contributed by atoms with Gasteiger partial charge in [0.15, 0.2) is 0 Å². The Morgan fingerprint density at radius 3 is 2.74 bits per heavy atom. The van der Waals surface area contributed by atoms with Crippen LogP contribution in [-0.4, -0.2) is 11.0 Å². The van der Waals surface area contributed by atoms with Gasteiger partial charge in [0.05, 0.1) is 16.4 Å². The normalized spacial score (nSPS) is 23.6. The fourth-order valence-corrected chi connectivity index (χ4v) is 3.45. The molecule has 106 valence electrons. The van der Waals surface area contributed by atoms with Gasteiger partial charge in [-0.1, -0.05) is 26.7 Å². The monoisotopic (exact) mass is 325 g/mol. The molecule has 3 N–H and O–H groups in total. The summed E-state index contributed by atoms with van der Waals surface area (Å²) >= 11 is 3.61. The molecule has 0 amide bonds. The Hall–Kier alpha value is -0.770. The van der Waals surface area contributed by atoms with Crippen LogP contribution in [0.3, 0.4) is 0 Å². The Bertz CT molecular complexity index is 445. The first-order valence-electron chi connectivity index (χ1n) is 7.17. The predicted octanol–water partition coefficient (Wildman–Crippen LogP) is 4.36. The van der Waals surface area contributed by atoms with Crippen molar-refractivity contribution in [2.24, 2.45) is 11.8 Å². The lowest BCUT2D eigenvalue weighted by atomic mass is 9.78. The van der Waals surface area contributed by atoms with Crippen molar-refractivity contribution in [1.29, 1.82) is 0 Å². The van der Waals surface area contributed by atoms with Crippen LogP contribution >= 0.6 is 15.9 Å². The van der Waals surface area contributed by atoms with Gasteiger partial charge in [-0.05, 0) is 53.1 Å². The van der Waals surface area contributed by atoms with E-state index in [1.807, 2.05) is 6.92 Å². The first kappa shape index (κ1) is 14.6. The molecule has 1 aromatic rings. The van der Waals surface area contributed by atoms with Gasteiger partial charge in [-0.2, -0.15) is 0 Å². The molecule has 2 rings (SSSR count). The van der Waals surface area contributed by atoms with Crippen molar-refractivity contribution in [3.8, 4) is 0 Å². The van der Waals surface area contributed by atoms with E-state index < -0.39 is 0 Å². The van der Waals surface area contributed by atoms with E-state index >= 15 is 0 Å². The SMILES string of the molecule is Cc1c(N)cnc(NC2CCCCC2C(C)C)c1Br. The first-order valence-corrected chi connectivity index (χ1v) is 7.97. The summed E-state index contributed by atoms with van der Waals surface area (Å²) < 4.78 is 1.00. The van der Waals surface area contributed by atoms with Crippen molar-refractivity contribution in [2.75, 3.05) is 11.1 Å². The van der Waals surface area contributed by atoms with Gasteiger partial charge in [0, 0.05) is 6.04 Å². The summed E-state index contributed by atoms with van der Waals surface area (Å²) in [5, 5.41) is 3.64. The van der Waals surface area contributed by atoms with E-state index in [0.29, 0.717) is 12.0 Å². The molecule has 4 heteroatoms. The number of rotatable bonds is 3. The summed E-state index contributed by atoms with van der Waals surface area (Å²) in [5.41, 5.74) is 7.68. The van der Waals surface area contributed by atoms with Gasteiger partial charge in [0.25, 0.3) is 0 Å². The number of hydrogen-bond donors (Lipinski definition) is 2. The van der Waals surface area contributed by atoms with Crippen LogP contribution in [0.25, 0.3) is 0 Å². The smallest absolute Gasteiger partial charge is 0.140 e. The topological polar surface area (TPSA) is 50.9 Å². The lowest BCUT2D eigenvalue weighted by Gasteiger charge is -2.35. The molecule has 1 aromatic heterocycles. The van der Waals surface area contributed by atoms with E-state index in [0.717, 1.165) is 27.5 Å². The Morgan fingerprint density at radius 1 is 1.37 bits per heavy atom. The van der Waals surface area contributed by atoms with Crippen LogP contribution in [0.4, 0.5) is 11.5 Å². The van der Waals surface area contributed by atoms with Gasteiger partial charge in [0.2, 0.25) is 0 Å². The second kappa shape index (κ2) is 6.12. The third-order valence-corrected chi connectivity index (χ3v) is 5.27. The average Bonchev–Trinajstić information content (AvgIpc) is 2.40. The Kier molecular flexibility index (Phi) is 4.71. The standard InChI is InChI=1S/C15H24BrN3/c1-9(2)11-6-4-5-7-13(11)19-15-14(16)10(3)12(17)8-18-15/h8-9,11,13H,4-7,17H2,1-3H3,(H,18,19). The summed E-state index contributed by atoms with van der Waals surface area (Å²) in [6, 6.07) is 0.528. The van der Waals surface area contributed by atoms with Crippen LogP contribution in [-0.2, 0) is 0 Å². The van der Waals surface area contributed by atoms with Crippen LogP contribution < -0.4 is 11.1 Å². The number of nitrogens with two attached hydrogens (primary N) is 1. The molecule has 0 aliphatic heterocycles. The molecule has 1 fully saturated rings. The molecule has 1 aliphatic rings. The predicted molar refractivity (Wildman–Crippen MR) is 85.3 cm³/mol. The van der Waals surface area contributed by atoms with Gasteiger partial charge in [-0.15, -0.1) is 0 Å². The minimum atomic E-state index is 0.528. The second-order valence-electron chi connectivity index (χ2n) is 5.94. The molecule has 0 bridgehead atoms. The van der Waals surface area contributed by atoms with Crippen molar-refractivity contribution in [3.63, 3.8) is 0 Å². The van der Waals surface area contributed by atoms with Crippen LogP contribution in [0.5, 0.6) is 0 Å². The zero-order valence-corrected chi connectivity index (χ0v) is 13.6. The molecule has 1 heterocycles. The largest absolute Gasteiger partial charge is 0.397 e. The maximum absolute atomic E-state index is 5.88. The Balaban J connectivity index is 2.17. The highest BCUT2D eigenvalue weighted by Crippen LogP contribution is 2.34. The van der Waals surface area contributed by atoms with Gasteiger partial charge in [0.1, 0.15) is 5.82 Å². The van der Waals surface area contributed by atoms with E-state index in [2.05, 4.69) is 40.1 Å². The molecule has 0 aromatic carbocycles. The molecule has 0 saturated heterocycles. The highest BCUT2D eigenvalue weighted by Gasteiger charge is 2.28. The number of hydrogen-bond acceptors (Lipinski definition) is 3. The Labute approximate surface area is 124 Å². The van der Waals surface area contributed by atoms with Gasteiger partial charge in [-0.25, -0.2) is 4.98 Å². The molecule has 2 unspecified atom stereocenters. The second-order valence-corrected chi connectivity index (χ2v) is 6.74. The van der Waals surface area contributed by atoms with E-state index in [-0.39, 0.29) is 0 Å². The summed E-state index contributed by atoms with van der Waals surface area (Å²) in [4.78, 5) is 4.44. The molecule has 3 nitrogen and oxygen atoms in total. The van der Waals surface area contributed by atoms with Crippen molar-refractivity contribution in [1.82, 2.24) is 4.98 Å². The average molecular weight is 326 g/mol. The van der Waals surface area contributed by atoms with E-state index in [4.69, 9.17) is 5.73 Å². The third kappa shape index (κ3) is 3.22.